The first-order valence-electron chi connectivity index (χ1n) is 9.77. The predicted molar refractivity (Wildman–Crippen MR) is 125 cm³/mol. The van der Waals surface area contributed by atoms with E-state index >= 15 is 0 Å². The fraction of sp³-hybridized carbons (Fsp3) is 0.160. The lowest BCUT2D eigenvalue weighted by Gasteiger charge is -2.23. The highest BCUT2D eigenvalue weighted by atomic mass is 35.5. The number of ether oxygens (including phenoxy) is 3. The van der Waals surface area contributed by atoms with E-state index in [2.05, 4.69) is 0 Å². The van der Waals surface area contributed by atoms with E-state index in [0.717, 1.165) is 5.56 Å². The maximum atomic E-state index is 13.7. The Morgan fingerprint density at radius 3 is 2.41 bits per heavy atom. The molecular formula is C25H23ClFNO4. The standard InChI is InChI=1S/C25H23ClFNO4/c1-30-19-11-12-20(24(16-19)32-3)25(29)28(18-10-13-22(27)21(26)15-18)14-6-8-17-7-4-5-9-23(17)31-2/h4-13,15-16H,14H2,1-3H3/b8-6+. The molecule has 0 aliphatic heterocycles. The number of methoxy groups -OCH3 is 3. The molecule has 0 saturated heterocycles. The van der Waals surface area contributed by atoms with Crippen molar-refractivity contribution in [1.29, 1.82) is 0 Å². The first kappa shape index (κ1) is 23.2. The van der Waals surface area contributed by atoms with E-state index in [1.165, 1.54) is 37.3 Å². The van der Waals surface area contributed by atoms with E-state index in [1.54, 1.807) is 25.3 Å². The van der Waals surface area contributed by atoms with Crippen LogP contribution in [0.3, 0.4) is 0 Å². The SMILES string of the molecule is COc1ccc(C(=O)N(C/C=C/c2ccccc2OC)c2ccc(F)c(Cl)c2)c(OC)c1. The van der Waals surface area contributed by atoms with Crippen molar-refractivity contribution in [2.75, 3.05) is 32.8 Å². The molecule has 0 aromatic heterocycles. The summed E-state index contributed by atoms with van der Waals surface area (Å²) in [6.07, 6.45) is 3.68. The number of hydrogen-bond donors (Lipinski definition) is 0. The molecule has 0 fully saturated rings. The van der Waals surface area contributed by atoms with Gasteiger partial charge in [-0.05, 0) is 36.4 Å². The molecule has 166 valence electrons. The Bertz CT molecular complexity index is 1130. The Kier molecular flexibility index (Phi) is 7.73. The van der Waals surface area contributed by atoms with Crippen molar-refractivity contribution >= 4 is 29.3 Å². The zero-order valence-corrected chi connectivity index (χ0v) is 18.7. The van der Waals surface area contributed by atoms with Gasteiger partial charge in [0.05, 0.1) is 31.9 Å². The maximum absolute atomic E-state index is 13.7. The Morgan fingerprint density at radius 2 is 1.72 bits per heavy atom. The minimum absolute atomic E-state index is 0.0734. The topological polar surface area (TPSA) is 48.0 Å². The molecule has 0 unspecified atom stereocenters. The van der Waals surface area contributed by atoms with E-state index in [4.69, 9.17) is 25.8 Å². The van der Waals surface area contributed by atoms with Crippen LogP contribution in [-0.2, 0) is 0 Å². The van der Waals surface area contributed by atoms with Crippen LogP contribution in [0.25, 0.3) is 6.08 Å². The highest BCUT2D eigenvalue weighted by Gasteiger charge is 2.22. The minimum Gasteiger partial charge on any atom is -0.497 e. The molecule has 5 nitrogen and oxygen atoms in total. The van der Waals surface area contributed by atoms with Crippen LogP contribution in [0.1, 0.15) is 15.9 Å². The molecule has 0 aliphatic rings. The van der Waals surface area contributed by atoms with Gasteiger partial charge in [-0.3, -0.25) is 4.79 Å². The number of amides is 1. The zero-order chi connectivity index (χ0) is 23.1. The lowest BCUT2D eigenvalue weighted by Crippen LogP contribution is -2.31. The van der Waals surface area contributed by atoms with Crippen molar-refractivity contribution in [3.05, 3.63) is 88.7 Å². The fourth-order valence-electron chi connectivity index (χ4n) is 3.17. The van der Waals surface area contributed by atoms with Gasteiger partial charge in [0, 0.05) is 23.9 Å². The van der Waals surface area contributed by atoms with Crippen LogP contribution in [0, 0.1) is 5.82 Å². The lowest BCUT2D eigenvalue weighted by atomic mass is 10.1. The summed E-state index contributed by atoms with van der Waals surface area (Å²) in [4.78, 5) is 15.0. The summed E-state index contributed by atoms with van der Waals surface area (Å²) < 4.78 is 29.7. The summed E-state index contributed by atoms with van der Waals surface area (Å²) >= 11 is 5.99. The Hall–Kier alpha value is -3.51. The van der Waals surface area contributed by atoms with Gasteiger partial charge in [0.25, 0.3) is 5.91 Å². The molecule has 7 heteroatoms. The molecule has 0 bridgehead atoms. The summed E-state index contributed by atoms with van der Waals surface area (Å²) in [5.41, 5.74) is 1.64. The predicted octanol–water partition coefficient (Wildman–Crippen LogP) is 5.87. The molecule has 32 heavy (non-hydrogen) atoms. The van der Waals surface area contributed by atoms with Gasteiger partial charge in [0.15, 0.2) is 0 Å². The number of nitrogens with zero attached hydrogens (tertiary/aromatic N) is 1. The summed E-state index contributed by atoms with van der Waals surface area (Å²) in [6, 6.07) is 16.6. The second-order valence-electron chi connectivity index (χ2n) is 6.72. The molecule has 0 N–H and O–H groups in total. The summed E-state index contributed by atoms with van der Waals surface area (Å²) in [5, 5.41) is -0.0734. The third-order valence-electron chi connectivity index (χ3n) is 4.82. The van der Waals surface area contributed by atoms with E-state index in [9.17, 15) is 9.18 Å². The van der Waals surface area contributed by atoms with Crippen LogP contribution in [-0.4, -0.2) is 33.8 Å². The number of para-hydroxylation sites is 1. The van der Waals surface area contributed by atoms with Crippen LogP contribution in [0.4, 0.5) is 10.1 Å². The van der Waals surface area contributed by atoms with E-state index < -0.39 is 5.82 Å². The molecule has 3 rings (SSSR count). The Balaban J connectivity index is 1.98. The molecule has 1 amide bonds. The number of hydrogen-bond acceptors (Lipinski definition) is 4. The number of rotatable bonds is 8. The van der Waals surface area contributed by atoms with Gasteiger partial charge in [-0.1, -0.05) is 42.0 Å². The average molecular weight is 456 g/mol. The summed E-state index contributed by atoms with van der Waals surface area (Å²) in [5.74, 6) is 0.738. The molecule has 0 spiro atoms. The molecular weight excluding hydrogens is 433 g/mol. The van der Waals surface area contributed by atoms with Crippen LogP contribution < -0.4 is 19.1 Å². The Morgan fingerprint density at radius 1 is 0.969 bits per heavy atom. The van der Waals surface area contributed by atoms with Gasteiger partial charge in [-0.2, -0.15) is 0 Å². The van der Waals surface area contributed by atoms with Crippen molar-refractivity contribution in [1.82, 2.24) is 0 Å². The van der Waals surface area contributed by atoms with Crippen molar-refractivity contribution < 1.29 is 23.4 Å². The smallest absolute Gasteiger partial charge is 0.262 e. The van der Waals surface area contributed by atoms with Gasteiger partial charge < -0.3 is 19.1 Å². The van der Waals surface area contributed by atoms with Gasteiger partial charge in [0.2, 0.25) is 0 Å². The number of halogens is 2. The average Bonchev–Trinajstić information content (AvgIpc) is 2.83. The van der Waals surface area contributed by atoms with Crippen molar-refractivity contribution in [2.45, 2.75) is 0 Å². The largest absolute Gasteiger partial charge is 0.497 e. The zero-order valence-electron chi connectivity index (χ0n) is 18.0. The van der Waals surface area contributed by atoms with Crippen molar-refractivity contribution in [2.24, 2.45) is 0 Å². The van der Waals surface area contributed by atoms with E-state index in [1.807, 2.05) is 36.4 Å². The van der Waals surface area contributed by atoms with Crippen LogP contribution in [0.15, 0.2) is 66.7 Å². The molecule has 3 aromatic rings. The number of benzene rings is 3. The fourth-order valence-corrected chi connectivity index (χ4v) is 3.34. The minimum atomic E-state index is -0.561. The van der Waals surface area contributed by atoms with Gasteiger partial charge in [-0.25, -0.2) is 4.39 Å². The molecule has 0 atom stereocenters. The first-order chi connectivity index (χ1) is 15.5. The van der Waals surface area contributed by atoms with Crippen LogP contribution in [0.2, 0.25) is 5.02 Å². The van der Waals surface area contributed by atoms with E-state index in [0.29, 0.717) is 28.5 Å². The quantitative estimate of drug-likeness (QED) is 0.426. The van der Waals surface area contributed by atoms with Gasteiger partial charge in [0.1, 0.15) is 23.1 Å². The first-order valence-corrected chi connectivity index (χ1v) is 10.1. The van der Waals surface area contributed by atoms with Crippen LogP contribution in [0.5, 0.6) is 17.2 Å². The third-order valence-corrected chi connectivity index (χ3v) is 5.11. The monoisotopic (exact) mass is 455 g/mol. The highest BCUT2D eigenvalue weighted by molar-refractivity contribution is 6.31. The number of anilines is 1. The summed E-state index contributed by atoms with van der Waals surface area (Å²) in [7, 11) is 4.61. The van der Waals surface area contributed by atoms with Gasteiger partial charge in [-0.15, -0.1) is 0 Å². The second-order valence-corrected chi connectivity index (χ2v) is 7.13. The molecule has 3 aromatic carbocycles. The van der Waals surface area contributed by atoms with Crippen molar-refractivity contribution in [3.8, 4) is 17.2 Å². The number of carbonyl (C=O) groups excluding carboxylic acids is 1. The Labute approximate surface area is 191 Å². The maximum Gasteiger partial charge on any atom is 0.262 e. The van der Waals surface area contributed by atoms with Crippen LogP contribution >= 0.6 is 11.6 Å². The molecule has 0 radical (unpaired) electrons. The highest BCUT2D eigenvalue weighted by Crippen LogP contribution is 2.29. The molecule has 0 aliphatic carbocycles. The molecule has 0 saturated carbocycles. The van der Waals surface area contributed by atoms with Crippen molar-refractivity contribution in [3.63, 3.8) is 0 Å². The van der Waals surface area contributed by atoms with Gasteiger partial charge >= 0.3 is 0 Å². The van der Waals surface area contributed by atoms with E-state index in [-0.39, 0.29) is 17.5 Å². The normalized spacial score (nSPS) is 10.8. The third kappa shape index (κ3) is 5.21. The second kappa shape index (κ2) is 10.7. The summed E-state index contributed by atoms with van der Waals surface area (Å²) in [6.45, 7) is 0.202. The molecule has 0 heterocycles. The lowest BCUT2D eigenvalue weighted by molar-refractivity contribution is 0.0986. The number of carbonyl (C=O) groups is 1.